The normalized spacial score (nSPS) is 13.3. The third kappa shape index (κ3) is 2.13. The van der Waals surface area contributed by atoms with Gasteiger partial charge in [0.25, 0.3) is 17.4 Å². The molecule has 3 aromatic rings. The highest BCUT2D eigenvalue weighted by atomic mass is 16.3. The number of amides is 2. The lowest BCUT2D eigenvalue weighted by molar-refractivity contribution is 0.0880. The van der Waals surface area contributed by atoms with Crippen LogP contribution in [0.4, 0.5) is 5.82 Å². The number of pyridine rings is 1. The minimum atomic E-state index is -0.630. The fourth-order valence-electron chi connectivity index (χ4n) is 3.02. The van der Waals surface area contributed by atoms with Crippen LogP contribution in [-0.4, -0.2) is 37.6 Å². The molecule has 0 bridgehead atoms. The molecule has 3 heterocycles. The SMILES string of the molecule is Nc1c2c(cc(=O)n1-c1ccc3c(c1)ncn3CCO)C(=O)NC2=O. The number of benzene rings is 1. The summed E-state index contributed by atoms with van der Waals surface area (Å²) in [5.74, 6) is -1.35. The van der Waals surface area contributed by atoms with E-state index in [2.05, 4.69) is 10.3 Å². The Labute approximate surface area is 140 Å². The van der Waals surface area contributed by atoms with E-state index < -0.39 is 17.4 Å². The van der Waals surface area contributed by atoms with Crippen molar-refractivity contribution < 1.29 is 14.7 Å². The summed E-state index contributed by atoms with van der Waals surface area (Å²) in [5.41, 5.74) is 7.30. The molecule has 0 saturated heterocycles. The molecule has 0 unspecified atom stereocenters. The predicted molar refractivity (Wildman–Crippen MR) is 88.6 cm³/mol. The Morgan fingerprint density at radius 2 is 1.96 bits per heavy atom. The number of nitrogens with one attached hydrogen (secondary N) is 1. The third-order valence-electron chi connectivity index (χ3n) is 4.16. The van der Waals surface area contributed by atoms with E-state index in [0.29, 0.717) is 17.7 Å². The van der Waals surface area contributed by atoms with Crippen LogP contribution >= 0.6 is 0 Å². The number of imide groups is 1. The van der Waals surface area contributed by atoms with Crippen molar-refractivity contribution in [2.24, 2.45) is 0 Å². The molecule has 2 aromatic heterocycles. The first-order valence-corrected chi connectivity index (χ1v) is 7.48. The van der Waals surface area contributed by atoms with Crippen LogP contribution in [0.15, 0.2) is 35.4 Å². The van der Waals surface area contributed by atoms with Crippen LogP contribution in [-0.2, 0) is 6.54 Å². The maximum absolute atomic E-state index is 12.4. The maximum atomic E-state index is 12.4. The number of nitrogen functional groups attached to an aromatic ring is 1. The van der Waals surface area contributed by atoms with Gasteiger partial charge in [0.05, 0.1) is 40.8 Å². The molecule has 0 atom stereocenters. The molecule has 9 heteroatoms. The van der Waals surface area contributed by atoms with Gasteiger partial charge in [0, 0.05) is 12.6 Å². The predicted octanol–water partition coefficient (Wildman–Crippen LogP) is -0.355. The summed E-state index contributed by atoms with van der Waals surface area (Å²) in [5, 5.41) is 11.2. The quantitative estimate of drug-likeness (QED) is 0.559. The molecular weight excluding hydrogens is 326 g/mol. The van der Waals surface area contributed by atoms with Crippen LogP contribution < -0.4 is 16.6 Å². The van der Waals surface area contributed by atoms with Crippen molar-refractivity contribution >= 4 is 28.7 Å². The summed E-state index contributed by atoms with van der Waals surface area (Å²) in [6.45, 7) is 0.382. The highest BCUT2D eigenvalue weighted by molar-refractivity contribution is 6.23. The number of rotatable bonds is 3. The molecule has 0 aliphatic carbocycles. The Morgan fingerprint density at radius 1 is 1.16 bits per heavy atom. The molecule has 4 N–H and O–H groups in total. The standard InChI is InChI=1S/C16H13N5O4/c17-14-13-9(15(24)19-16(13)25)6-12(23)21(14)8-1-2-11-10(5-8)18-7-20(11)3-4-22/h1-2,5-7,22H,3-4,17H2,(H,19,24,25). The first-order valence-electron chi connectivity index (χ1n) is 7.48. The zero-order chi connectivity index (χ0) is 17.7. The molecule has 126 valence electrons. The summed E-state index contributed by atoms with van der Waals surface area (Å²) >= 11 is 0. The largest absolute Gasteiger partial charge is 0.395 e. The molecule has 4 rings (SSSR count). The minimum absolute atomic E-state index is 0.00416. The molecule has 0 saturated carbocycles. The van der Waals surface area contributed by atoms with Crippen molar-refractivity contribution in [3.05, 3.63) is 52.1 Å². The van der Waals surface area contributed by atoms with Gasteiger partial charge in [0.2, 0.25) is 0 Å². The number of hydrogen-bond acceptors (Lipinski definition) is 6. The van der Waals surface area contributed by atoms with Crippen molar-refractivity contribution in [2.45, 2.75) is 6.54 Å². The second kappa shape index (κ2) is 5.28. The van der Waals surface area contributed by atoms with Crippen LogP contribution in [0.25, 0.3) is 16.7 Å². The lowest BCUT2D eigenvalue weighted by Crippen LogP contribution is -2.24. The topological polar surface area (TPSA) is 132 Å². The molecule has 1 aromatic carbocycles. The van der Waals surface area contributed by atoms with Gasteiger partial charge in [-0.25, -0.2) is 4.98 Å². The van der Waals surface area contributed by atoms with E-state index in [9.17, 15) is 14.4 Å². The summed E-state index contributed by atoms with van der Waals surface area (Å²) in [6.07, 6.45) is 1.59. The monoisotopic (exact) mass is 339 g/mol. The highest BCUT2D eigenvalue weighted by Crippen LogP contribution is 2.24. The fourth-order valence-corrected chi connectivity index (χ4v) is 3.02. The van der Waals surface area contributed by atoms with E-state index in [4.69, 9.17) is 10.8 Å². The molecule has 2 amide bonds. The number of carbonyl (C=O) groups excluding carboxylic acids is 2. The molecule has 0 radical (unpaired) electrons. The Balaban J connectivity index is 1.92. The number of nitrogens with two attached hydrogens (primary N) is 1. The van der Waals surface area contributed by atoms with Gasteiger partial charge in [-0.15, -0.1) is 0 Å². The van der Waals surface area contributed by atoms with Crippen molar-refractivity contribution in [1.82, 2.24) is 19.4 Å². The van der Waals surface area contributed by atoms with Crippen LogP contribution in [0, 0.1) is 0 Å². The molecule has 1 aliphatic rings. The number of anilines is 1. The van der Waals surface area contributed by atoms with E-state index in [0.717, 1.165) is 11.6 Å². The van der Waals surface area contributed by atoms with Gasteiger partial charge in [-0.1, -0.05) is 0 Å². The maximum Gasteiger partial charge on any atom is 0.262 e. The van der Waals surface area contributed by atoms with E-state index in [1.165, 1.54) is 4.57 Å². The van der Waals surface area contributed by atoms with E-state index in [1.54, 1.807) is 29.1 Å². The van der Waals surface area contributed by atoms with Gasteiger partial charge in [-0.3, -0.25) is 24.3 Å². The van der Waals surface area contributed by atoms with E-state index in [-0.39, 0.29) is 23.6 Å². The second-order valence-corrected chi connectivity index (χ2v) is 5.61. The average molecular weight is 339 g/mol. The average Bonchev–Trinajstić information content (AvgIpc) is 3.09. The van der Waals surface area contributed by atoms with Crippen molar-refractivity contribution in [2.75, 3.05) is 12.3 Å². The number of aromatic nitrogens is 3. The lowest BCUT2D eigenvalue weighted by Gasteiger charge is -2.12. The Kier molecular flexibility index (Phi) is 3.19. The molecular formula is C16H13N5O4. The number of imidazole rings is 1. The summed E-state index contributed by atoms with van der Waals surface area (Å²) < 4.78 is 2.95. The van der Waals surface area contributed by atoms with Crippen LogP contribution in [0.3, 0.4) is 0 Å². The van der Waals surface area contributed by atoms with E-state index in [1.807, 2.05) is 0 Å². The van der Waals surface area contributed by atoms with E-state index >= 15 is 0 Å². The van der Waals surface area contributed by atoms with Gasteiger partial charge < -0.3 is 15.4 Å². The third-order valence-corrected chi connectivity index (χ3v) is 4.16. The first-order chi connectivity index (χ1) is 12.0. The summed E-state index contributed by atoms with van der Waals surface area (Å²) in [7, 11) is 0. The zero-order valence-corrected chi connectivity index (χ0v) is 12.9. The molecule has 0 fully saturated rings. The smallest absolute Gasteiger partial charge is 0.262 e. The molecule has 25 heavy (non-hydrogen) atoms. The number of aliphatic hydroxyl groups excluding tert-OH is 1. The van der Waals surface area contributed by atoms with Crippen LogP contribution in [0.1, 0.15) is 20.7 Å². The molecule has 0 spiro atoms. The number of fused-ring (bicyclic) bond motifs is 2. The fraction of sp³-hybridized carbons (Fsp3) is 0.125. The number of nitrogens with zero attached hydrogens (tertiary/aromatic N) is 3. The van der Waals surface area contributed by atoms with Gasteiger partial charge in [-0.2, -0.15) is 0 Å². The van der Waals surface area contributed by atoms with Gasteiger partial charge in [0.15, 0.2) is 0 Å². The zero-order valence-electron chi connectivity index (χ0n) is 12.9. The molecule has 1 aliphatic heterocycles. The van der Waals surface area contributed by atoms with Gasteiger partial charge in [0.1, 0.15) is 5.82 Å². The number of hydrogen-bond donors (Lipinski definition) is 3. The Hall–Kier alpha value is -3.46. The van der Waals surface area contributed by atoms with Crippen molar-refractivity contribution in [1.29, 1.82) is 0 Å². The second-order valence-electron chi connectivity index (χ2n) is 5.61. The summed E-state index contributed by atoms with van der Waals surface area (Å²) in [6, 6.07) is 6.16. The molecule has 9 nitrogen and oxygen atoms in total. The van der Waals surface area contributed by atoms with Crippen LogP contribution in [0.5, 0.6) is 0 Å². The Morgan fingerprint density at radius 3 is 2.72 bits per heavy atom. The Bertz CT molecular complexity index is 1110. The minimum Gasteiger partial charge on any atom is -0.395 e. The van der Waals surface area contributed by atoms with Gasteiger partial charge in [-0.05, 0) is 18.2 Å². The first kappa shape index (κ1) is 15.1. The summed E-state index contributed by atoms with van der Waals surface area (Å²) in [4.78, 5) is 40.3. The van der Waals surface area contributed by atoms with Gasteiger partial charge >= 0.3 is 0 Å². The van der Waals surface area contributed by atoms with Crippen molar-refractivity contribution in [3.8, 4) is 5.69 Å². The lowest BCUT2D eigenvalue weighted by atomic mass is 10.1. The van der Waals surface area contributed by atoms with Crippen LogP contribution in [0.2, 0.25) is 0 Å². The highest BCUT2D eigenvalue weighted by Gasteiger charge is 2.31. The number of carbonyl (C=O) groups is 2. The van der Waals surface area contributed by atoms with Crippen molar-refractivity contribution in [3.63, 3.8) is 0 Å². The number of aliphatic hydroxyl groups is 1.